The Labute approximate surface area is 256 Å². The lowest BCUT2D eigenvalue weighted by atomic mass is 10.00. The zero-order chi connectivity index (χ0) is 31.0. The van der Waals surface area contributed by atoms with Crippen molar-refractivity contribution < 1.29 is 23.8 Å². The second kappa shape index (κ2) is 14.9. The fraction of sp³-hybridized carbons (Fsp3) is 0.548. The molecule has 1 fully saturated rings. The highest BCUT2D eigenvalue weighted by molar-refractivity contribution is 8.32. The molecule has 0 saturated carbocycles. The quantitative estimate of drug-likeness (QED) is 0.271. The van der Waals surface area contributed by atoms with Crippen LogP contribution in [0.3, 0.4) is 0 Å². The first kappa shape index (κ1) is 32.6. The first-order valence-corrected chi connectivity index (χ1v) is 17.7. The summed E-state index contributed by atoms with van der Waals surface area (Å²) in [6.07, 6.45) is 11.5. The van der Waals surface area contributed by atoms with E-state index in [1.54, 1.807) is 24.4 Å². The molecule has 0 aliphatic carbocycles. The maximum absolute atomic E-state index is 13.3. The van der Waals surface area contributed by atoms with E-state index in [0.717, 1.165) is 24.2 Å². The van der Waals surface area contributed by atoms with Gasteiger partial charge >= 0.3 is 6.09 Å². The molecule has 2 N–H and O–H groups in total. The molecule has 236 valence electrons. The number of aromatic nitrogens is 3. The molecule has 2 amide bonds. The van der Waals surface area contributed by atoms with E-state index in [0.29, 0.717) is 42.3 Å². The van der Waals surface area contributed by atoms with Gasteiger partial charge in [-0.1, -0.05) is 30.3 Å². The van der Waals surface area contributed by atoms with Gasteiger partial charge in [0.1, 0.15) is 24.7 Å². The van der Waals surface area contributed by atoms with Gasteiger partial charge in [0, 0.05) is 43.7 Å². The number of likely N-dealkylation sites (tertiary alicyclic amines) is 1. The van der Waals surface area contributed by atoms with Crippen LogP contribution in [-0.2, 0) is 27.5 Å². The molecule has 1 aromatic carbocycles. The van der Waals surface area contributed by atoms with E-state index in [2.05, 4.69) is 34.4 Å². The number of carbonyl (C=O) groups excluding carboxylic acids is 2. The minimum atomic E-state index is -0.676. The summed E-state index contributed by atoms with van der Waals surface area (Å²) in [7, 11) is 0.926. The van der Waals surface area contributed by atoms with Crippen molar-refractivity contribution in [2.24, 2.45) is 0 Å². The van der Waals surface area contributed by atoms with Crippen LogP contribution in [0.4, 0.5) is 10.6 Å². The summed E-state index contributed by atoms with van der Waals surface area (Å²) < 4.78 is 18.6. The highest BCUT2D eigenvalue weighted by Crippen LogP contribution is 2.33. The van der Waals surface area contributed by atoms with Gasteiger partial charge in [0.2, 0.25) is 0 Å². The van der Waals surface area contributed by atoms with Gasteiger partial charge in [-0.25, -0.2) is 24.8 Å². The SMILES string of the molecule is COC[C@H](C)NC(=O)c1cn(COCCS(C)(C)C)c2ncc(N[C@H]3CC[C@@H](C)N(C(=O)OCc4ccccc4)C3)nc12. The van der Waals surface area contributed by atoms with Crippen LogP contribution in [0.2, 0.25) is 0 Å². The van der Waals surface area contributed by atoms with Crippen LogP contribution in [0.1, 0.15) is 42.6 Å². The van der Waals surface area contributed by atoms with Gasteiger partial charge in [0.25, 0.3) is 5.91 Å². The van der Waals surface area contributed by atoms with Crippen LogP contribution in [0.15, 0.2) is 42.7 Å². The summed E-state index contributed by atoms with van der Waals surface area (Å²) in [6, 6.07) is 9.50. The molecular formula is C31H46N6O5S. The van der Waals surface area contributed by atoms with Crippen LogP contribution in [-0.4, -0.2) is 101 Å². The molecule has 2 aromatic heterocycles. The average molecular weight is 615 g/mol. The van der Waals surface area contributed by atoms with E-state index in [-0.39, 0.29) is 43.5 Å². The number of anilines is 1. The monoisotopic (exact) mass is 614 g/mol. The molecular weight excluding hydrogens is 568 g/mol. The fourth-order valence-electron chi connectivity index (χ4n) is 4.94. The number of amides is 2. The van der Waals surface area contributed by atoms with Gasteiger partial charge in [0.15, 0.2) is 5.65 Å². The Morgan fingerprint density at radius 3 is 2.65 bits per heavy atom. The van der Waals surface area contributed by atoms with Gasteiger partial charge in [-0.3, -0.25) is 4.79 Å². The first-order chi connectivity index (χ1) is 20.5. The fourth-order valence-corrected chi connectivity index (χ4v) is 5.56. The number of hydrogen-bond acceptors (Lipinski definition) is 8. The summed E-state index contributed by atoms with van der Waals surface area (Å²) >= 11 is 0. The summed E-state index contributed by atoms with van der Waals surface area (Å²) in [6.45, 7) is 5.92. The van der Waals surface area contributed by atoms with Crippen molar-refractivity contribution in [2.75, 3.05) is 56.7 Å². The molecule has 12 heteroatoms. The second-order valence-electron chi connectivity index (χ2n) is 12.1. The van der Waals surface area contributed by atoms with Crippen molar-refractivity contribution in [2.45, 2.75) is 58.2 Å². The molecule has 0 spiro atoms. The molecule has 0 radical (unpaired) electrons. The van der Waals surface area contributed by atoms with Crippen molar-refractivity contribution >= 4 is 39.0 Å². The zero-order valence-electron chi connectivity index (χ0n) is 26.2. The van der Waals surface area contributed by atoms with E-state index in [9.17, 15) is 9.59 Å². The second-order valence-corrected chi connectivity index (χ2v) is 16.7. The number of methoxy groups -OCH3 is 1. The van der Waals surface area contributed by atoms with Gasteiger partial charge in [0.05, 0.1) is 25.0 Å². The van der Waals surface area contributed by atoms with Gasteiger partial charge < -0.3 is 34.3 Å². The highest BCUT2D eigenvalue weighted by Gasteiger charge is 2.30. The van der Waals surface area contributed by atoms with Gasteiger partial charge in [-0.2, -0.15) is 0 Å². The summed E-state index contributed by atoms with van der Waals surface area (Å²) in [5.41, 5.74) is 2.42. The topological polar surface area (TPSA) is 120 Å². The predicted octanol–water partition coefficient (Wildman–Crippen LogP) is 4.47. The number of nitrogens with zero attached hydrogens (tertiary/aromatic N) is 4. The van der Waals surface area contributed by atoms with Gasteiger partial charge in [-0.05, 0) is 51.0 Å². The maximum atomic E-state index is 13.3. The van der Waals surface area contributed by atoms with Crippen molar-refractivity contribution in [1.29, 1.82) is 0 Å². The summed E-state index contributed by atoms with van der Waals surface area (Å²) in [4.78, 5) is 37.5. The molecule has 11 nitrogen and oxygen atoms in total. The molecule has 43 heavy (non-hydrogen) atoms. The maximum Gasteiger partial charge on any atom is 0.410 e. The lowest BCUT2D eigenvalue weighted by Crippen LogP contribution is -2.49. The van der Waals surface area contributed by atoms with Crippen molar-refractivity contribution in [1.82, 2.24) is 24.8 Å². The normalized spacial score (nSPS) is 18.3. The van der Waals surface area contributed by atoms with E-state index in [1.165, 1.54) is 0 Å². The predicted molar refractivity (Wildman–Crippen MR) is 172 cm³/mol. The van der Waals surface area contributed by atoms with E-state index in [1.807, 2.05) is 48.7 Å². The Morgan fingerprint density at radius 2 is 1.93 bits per heavy atom. The number of ether oxygens (including phenoxy) is 3. The largest absolute Gasteiger partial charge is 0.445 e. The lowest BCUT2D eigenvalue weighted by molar-refractivity contribution is 0.0695. The molecule has 4 rings (SSSR count). The summed E-state index contributed by atoms with van der Waals surface area (Å²) in [5.74, 6) is 1.28. The molecule has 1 aliphatic rings. The van der Waals surface area contributed by atoms with Crippen LogP contribution in [0.5, 0.6) is 0 Å². The molecule has 0 bridgehead atoms. The third kappa shape index (κ3) is 9.32. The molecule has 1 saturated heterocycles. The third-order valence-corrected chi connectivity index (χ3v) is 8.74. The van der Waals surface area contributed by atoms with Crippen LogP contribution in [0.25, 0.3) is 11.2 Å². The molecule has 3 atom stereocenters. The zero-order valence-corrected chi connectivity index (χ0v) is 27.0. The van der Waals surface area contributed by atoms with E-state index >= 15 is 0 Å². The third-order valence-electron chi connectivity index (χ3n) is 7.35. The number of fused-ring (bicyclic) bond motifs is 1. The molecule has 3 heterocycles. The summed E-state index contributed by atoms with van der Waals surface area (Å²) in [5, 5.41) is 6.42. The Hall–Kier alpha value is -3.35. The highest BCUT2D eigenvalue weighted by atomic mass is 32.3. The Morgan fingerprint density at radius 1 is 1.16 bits per heavy atom. The Bertz CT molecular complexity index is 1360. The molecule has 0 unspecified atom stereocenters. The van der Waals surface area contributed by atoms with Gasteiger partial charge in [-0.15, -0.1) is 0 Å². The van der Waals surface area contributed by atoms with Crippen LogP contribution >= 0.6 is 10.0 Å². The average Bonchev–Trinajstić information content (AvgIpc) is 3.33. The number of carbonyl (C=O) groups is 2. The smallest absolute Gasteiger partial charge is 0.410 e. The van der Waals surface area contributed by atoms with Crippen LogP contribution < -0.4 is 10.6 Å². The Kier molecular flexibility index (Phi) is 11.3. The standard InChI is InChI=1S/C31H46N6O5S/c1-22(19-40-3)33-30(38)26-18-36(21-41-14-15-43(4,5)6)29-28(26)35-27(16-32-29)34-25-13-12-23(2)37(17-25)31(39)42-20-24-10-8-7-9-11-24/h7-11,16,18,22-23,25H,12-15,17,19-21H2,1-6H3,(H,33,38)(H,34,35)/t22-,23+,25-/m0/s1. The number of hydrogen-bond donors (Lipinski definition) is 2. The number of benzene rings is 1. The number of rotatable bonds is 13. The number of piperidine rings is 1. The lowest BCUT2D eigenvalue weighted by Gasteiger charge is -2.37. The van der Waals surface area contributed by atoms with E-state index in [4.69, 9.17) is 19.2 Å². The van der Waals surface area contributed by atoms with E-state index < -0.39 is 10.0 Å². The molecule has 3 aromatic rings. The number of nitrogens with one attached hydrogen (secondary N) is 2. The van der Waals surface area contributed by atoms with Crippen molar-refractivity contribution in [3.8, 4) is 0 Å². The van der Waals surface area contributed by atoms with Crippen LogP contribution in [0, 0.1) is 0 Å². The van der Waals surface area contributed by atoms with Crippen molar-refractivity contribution in [3.63, 3.8) is 0 Å². The first-order valence-electron chi connectivity index (χ1n) is 14.7. The molecule has 1 aliphatic heterocycles. The minimum Gasteiger partial charge on any atom is -0.445 e. The Balaban J connectivity index is 1.48. The van der Waals surface area contributed by atoms with Crippen molar-refractivity contribution in [3.05, 3.63) is 53.9 Å². The minimum absolute atomic E-state index is 0.0449.